The number of nitrogens with one attached hydrogen (secondary N) is 2. The maximum Gasteiger partial charge on any atom is 0.262 e. The van der Waals surface area contributed by atoms with Gasteiger partial charge in [0.25, 0.3) is 11.8 Å². The van der Waals surface area contributed by atoms with Gasteiger partial charge in [-0.05, 0) is 30.7 Å². The fraction of sp³-hybridized carbons (Fsp3) is 0.222. The number of aromatic nitrogens is 3. The summed E-state index contributed by atoms with van der Waals surface area (Å²) in [6.45, 7) is 1.93. The zero-order chi connectivity index (χ0) is 18.1. The molecule has 0 bridgehead atoms. The molecule has 26 heavy (non-hydrogen) atoms. The Morgan fingerprint density at radius 1 is 1.46 bits per heavy atom. The molecule has 132 valence electrons. The average molecular weight is 351 g/mol. The first-order valence-electron chi connectivity index (χ1n) is 8.31. The van der Waals surface area contributed by atoms with E-state index >= 15 is 0 Å². The first-order chi connectivity index (χ1) is 12.6. The van der Waals surface area contributed by atoms with E-state index in [0.717, 1.165) is 5.69 Å². The van der Waals surface area contributed by atoms with Gasteiger partial charge in [-0.2, -0.15) is 0 Å². The largest absolute Gasteiger partial charge is 0.482 e. The van der Waals surface area contributed by atoms with Gasteiger partial charge in [-0.25, -0.2) is 9.97 Å². The molecular weight excluding hydrogens is 334 g/mol. The molecule has 2 amide bonds. The Hall–Kier alpha value is -3.42. The van der Waals surface area contributed by atoms with E-state index in [1.165, 1.54) is 0 Å². The summed E-state index contributed by atoms with van der Waals surface area (Å²) in [4.78, 5) is 32.7. The van der Waals surface area contributed by atoms with Gasteiger partial charge in [-0.15, -0.1) is 0 Å². The number of amides is 2. The molecule has 0 fully saturated rings. The highest BCUT2D eigenvalue weighted by Gasteiger charge is 2.20. The third-order valence-corrected chi connectivity index (χ3v) is 4.20. The van der Waals surface area contributed by atoms with Gasteiger partial charge in [0.2, 0.25) is 5.78 Å². The van der Waals surface area contributed by atoms with Crippen LogP contribution in [0.3, 0.4) is 0 Å². The summed E-state index contributed by atoms with van der Waals surface area (Å²) < 4.78 is 7.19. The number of fused-ring (bicyclic) bond motifs is 2. The molecule has 2 N–H and O–H groups in total. The first-order valence-corrected chi connectivity index (χ1v) is 8.31. The minimum atomic E-state index is -0.235. The van der Waals surface area contributed by atoms with Gasteiger partial charge >= 0.3 is 0 Å². The molecule has 1 aliphatic rings. The van der Waals surface area contributed by atoms with E-state index < -0.39 is 0 Å². The van der Waals surface area contributed by atoms with Gasteiger partial charge in [-0.1, -0.05) is 6.92 Å². The van der Waals surface area contributed by atoms with E-state index in [2.05, 4.69) is 20.6 Å². The van der Waals surface area contributed by atoms with Gasteiger partial charge in [0.15, 0.2) is 6.61 Å². The molecule has 1 aliphatic heterocycles. The second kappa shape index (κ2) is 6.47. The lowest BCUT2D eigenvalue weighted by atomic mass is 10.1. The van der Waals surface area contributed by atoms with Gasteiger partial charge in [-0.3, -0.25) is 14.0 Å². The lowest BCUT2D eigenvalue weighted by Gasteiger charge is -2.19. The SMILES string of the molecule is CCC(NC(=O)c1ccc2c(c1)OCC(=O)N2)c1cn2cccnc2n1. The fourth-order valence-electron chi connectivity index (χ4n) is 2.86. The first kappa shape index (κ1) is 16.1. The van der Waals surface area contributed by atoms with Gasteiger partial charge in [0.05, 0.1) is 17.4 Å². The molecule has 0 radical (unpaired) electrons. The highest BCUT2D eigenvalue weighted by molar-refractivity contribution is 5.99. The maximum absolute atomic E-state index is 12.6. The van der Waals surface area contributed by atoms with Crippen molar-refractivity contribution in [2.24, 2.45) is 0 Å². The van der Waals surface area contributed by atoms with Gasteiger partial charge in [0.1, 0.15) is 5.75 Å². The predicted molar refractivity (Wildman–Crippen MR) is 94.1 cm³/mol. The molecule has 1 aromatic carbocycles. The quantitative estimate of drug-likeness (QED) is 0.749. The van der Waals surface area contributed by atoms with Crippen LogP contribution in [0.4, 0.5) is 5.69 Å². The smallest absolute Gasteiger partial charge is 0.262 e. The summed E-state index contributed by atoms with van der Waals surface area (Å²) in [5, 5.41) is 5.69. The zero-order valence-electron chi connectivity index (χ0n) is 14.1. The third-order valence-electron chi connectivity index (χ3n) is 4.20. The number of rotatable bonds is 4. The Balaban J connectivity index is 1.55. The van der Waals surface area contributed by atoms with Crippen molar-refractivity contribution >= 4 is 23.3 Å². The number of ether oxygens (including phenoxy) is 1. The highest BCUT2D eigenvalue weighted by atomic mass is 16.5. The van der Waals surface area contributed by atoms with Crippen LogP contribution in [0.15, 0.2) is 42.9 Å². The molecule has 0 spiro atoms. The third kappa shape index (κ3) is 2.97. The topological polar surface area (TPSA) is 97.6 Å². The second-order valence-electron chi connectivity index (χ2n) is 5.97. The van der Waals surface area contributed by atoms with Gasteiger partial charge < -0.3 is 15.4 Å². The number of hydrogen-bond donors (Lipinski definition) is 2. The van der Waals surface area contributed by atoms with Crippen LogP contribution in [0, 0.1) is 0 Å². The molecule has 0 saturated heterocycles. The number of benzene rings is 1. The number of nitrogens with zero attached hydrogens (tertiary/aromatic N) is 3. The van der Waals surface area contributed by atoms with Crippen molar-refractivity contribution in [3.05, 3.63) is 54.1 Å². The summed E-state index contributed by atoms with van der Waals surface area (Å²) in [7, 11) is 0. The van der Waals surface area contributed by atoms with E-state index in [0.29, 0.717) is 29.2 Å². The number of hydrogen-bond acceptors (Lipinski definition) is 5. The molecule has 0 saturated carbocycles. The van der Waals surface area contributed by atoms with Crippen molar-refractivity contribution < 1.29 is 14.3 Å². The van der Waals surface area contributed by atoms with E-state index in [9.17, 15) is 9.59 Å². The average Bonchev–Trinajstić information content (AvgIpc) is 3.09. The van der Waals surface area contributed by atoms with Crippen LogP contribution in [0.2, 0.25) is 0 Å². The maximum atomic E-state index is 12.6. The van der Waals surface area contributed by atoms with Crippen LogP contribution in [-0.4, -0.2) is 32.8 Å². The van der Waals surface area contributed by atoms with Crippen molar-refractivity contribution in [3.63, 3.8) is 0 Å². The van der Waals surface area contributed by atoms with E-state index in [4.69, 9.17) is 4.74 Å². The van der Waals surface area contributed by atoms with Crippen molar-refractivity contribution in [3.8, 4) is 5.75 Å². The summed E-state index contributed by atoms with van der Waals surface area (Å²) in [6, 6.07) is 6.53. The summed E-state index contributed by atoms with van der Waals surface area (Å²) in [5.41, 5.74) is 1.78. The monoisotopic (exact) mass is 351 g/mol. The zero-order valence-corrected chi connectivity index (χ0v) is 14.1. The van der Waals surface area contributed by atoms with Crippen LogP contribution >= 0.6 is 0 Å². The number of carbonyl (C=O) groups is 2. The minimum absolute atomic E-state index is 0.0517. The van der Waals surface area contributed by atoms with Crippen LogP contribution in [0.25, 0.3) is 5.78 Å². The number of anilines is 1. The molecule has 8 nitrogen and oxygen atoms in total. The molecule has 4 rings (SSSR count). The molecule has 1 atom stereocenters. The Kier molecular flexibility index (Phi) is 4.00. The Bertz CT molecular complexity index is 964. The van der Waals surface area contributed by atoms with Crippen LogP contribution in [0.5, 0.6) is 5.75 Å². The second-order valence-corrected chi connectivity index (χ2v) is 5.97. The Morgan fingerprint density at radius 2 is 2.35 bits per heavy atom. The van der Waals surface area contributed by atoms with Crippen LogP contribution in [0.1, 0.15) is 35.4 Å². The summed E-state index contributed by atoms with van der Waals surface area (Å²) >= 11 is 0. The molecule has 1 unspecified atom stereocenters. The van der Waals surface area contributed by atoms with Crippen molar-refractivity contribution in [1.29, 1.82) is 0 Å². The lowest BCUT2D eigenvalue weighted by molar-refractivity contribution is -0.118. The number of imidazole rings is 1. The molecule has 3 aromatic rings. The normalized spacial score (nSPS) is 14.3. The lowest BCUT2D eigenvalue weighted by Crippen LogP contribution is -2.29. The van der Waals surface area contributed by atoms with Crippen molar-refractivity contribution in [2.75, 3.05) is 11.9 Å². The Morgan fingerprint density at radius 3 is 3.15 bits per heavy atom. The minimum Gasteiger partial charge on any atom is -0.482 e. The summed E-state index contributed by atoms with van der Waals surface area (Å²) in [5.74, 6) is 0.640. The molecule has 0 aliphatic carbocycles. The fourth-order valence-corrected chi connectivity index (χ4v) is 2.86. The number of carbonyl (C=O) groups excluding carboxylic acids is 2. The molecule has 3 heterocycles. The van der Waals surface area contributed by atoms with Gasteiger partial charge in [0, 0.05) is 24.2 Å². The van der Waals surface area contributed by atoms with E-state index in [1.807, 2.05) is 29.8 Å². The van der Waals surface area contributed by atoms with Crippen LogP contribution < -0.4 is 15.4 Å². The highest BCUT2D eigenvalue weighted by Crippen LogP contribution is 2.28. The standard InChI is InChI=1S/C18H17N5O3/c1-2-12(14-9-23-7-3-6-19-18(23)22-14)21-17(25)11-4-5-13-15(8-11)26-10-16(24)20-13/h3-9,12H,2,10H2,1H3,(H,20,24)(H,21,25). The van der Waals surface area contributed by atoms with E-state index in [-0.39, 0.29) is 24.5 Å². The molecule has 8 heteroatoms. The van der Waals surface area contributed by atoms with Crippen molar-refractivity contribution in [1.82, 2.24) is 19.7 Å². The molecular formula is C18H17N5O3. The predicted octanol–water partition coefficient (Wildman–Crippen LogP) is 1.94. The summed E-state index contributed by atoms with van der Waals surface area (Å²) in [6.07, 6.45) is 6.09. The van der Waals surface area contributed by atoms with E-state index in [1.54, 1.807) is 24.4 Å². The van der Waals surface area contributed by atoms with Crippen molar-refractivity contribution in [2.45, 2.75) is 19.4 Å². The molecule has 2 aromatic heterocycles. The van der Waals surface area contributed by atoms with Crippen LogP contribution in [-0.2, 0) is 4.79 Å². The Labute approximate surface area is 149 Å².